The lowest BCUT2D eigenvalue weighted by Crippen LogP contribution is -2.13. The van der Waals surface area contributed by atoms with Gasteiger partial charge in [0.1, 0.15) is 5.82 Å². The minimum Gasteiger partial charge on any atom is -0.277 e. The van der Waals surface area contributed by atoms with Gasteiger partial charge < -0.3 is 0 Å². The van der Waals surface area contributed by atoms with Crippen LogP contribution in [0.2, 0.25) is 0 Å². The number of fused-ring (bicyclic) bond motifs is 1. The Morgan fingerprint density at radius 3 is 2.75 bits per heavy atom. The van der Waals surface area contributed by atoms with E-state index in [1.807, 2.05) is 0 Å². The fourth-order valence-electron chi connectivity index (χ4n) is 1.89. The fraction of sp³-hybridized carbons (Fsp3) is 0. The predicted octanol–water partition coefficient (Wildman–Crippen LogP) is 2.50. The second kappa shape index (κ2) is 4.61. The van der Waals surface area contributed by atoms with Crippen LogP contribution in [0, 0.1) is 5.82 Å². The molecule has 102 valence electrons. The van der Waals surface area contributed by atoms with Crippen LogP contribution < -0.4 is 4.72 Å². The molecule has 0 aliphatic rings. The van der Waals surface area contributed by atoms with Gasteiger partial charge in [0.15, 0.2) is 0 Å². The van der Waals surface area contributed by atoms with Crippen molar-refractivity contribution in [2.24, 2.45) is 0 Å². The number of anilines is 1. The number of hydrogen-bond acceptors (Lipinski definition) is 3. The third kappa shape index (κ3) is 2.23. The summed E-state index contributed by atoms with van der Waals surface area (Å²) in [7, 11) is -3.84. The molecule has 0 amide bonds. The minimum atomic E-state index is -3.84. The van der Waals surface area contributed by atoms with Crippen LogP contribution in [0.1, 0.15) is 0 Å². The first-order valence-corrected chi connectivity index (χ1v) is 7.25. The molecule has 0 spiro atoms. The van der Waals surface area contributed by atoms with E-state index >= 15 is 0 Å². The Morgan fingerprint density at radius 2 is 1.95 bits per heavy atom. The first-order chi connectivity index (χ1) is 9.56. The molecule has 0 saturated carbocycles. The average molecular weight is 291 g/mol. The van der Waals surface area contributed by atoms with E-state index in [9.17, 15) is 12.8 Å². The number of nitrogens with zero attached hydrogens (tertiary/aromatic N) is 1. The number of para-hydroxylation sites is 1. The largest absolute Gasteiger partial charge is 0.277 e. The Labute approximate surface area is 114 Å². The molecule has 3 rings (SSSR count). The van der Waals surface area contributed by atoms with E-state index in [2.05, 4.69) is 14.9 Å². The molecular weight excluding hydrogens is 281 g/mol. The van der Waals surface area contributed by atoms with Crippen molar-refractivity contribution in [2.45, 2.75) is 4.90 Å². The van der Waals surface area contributed by atoms with Crippen LogP contribution in [0.3, 0.4) is 0 Å². The molecule has 0 unspecified atom stereocenters. The van der Waals surface area contributed by atoms with Crippen LogP contribution in [0.25, 0.3) is 10.9 Å². The second-order valence-electron chi connectivity index (χ2n) is 4.20. The second-order valence-corrected chi connectivity index (χ2v) is 5.89. The van der Waals surface area contributed by atoms with E-state index < -0.39 is 15.8 Å². The minimum absolute atomic E-state index is 0.131. The molecule has 3 aromatic rings. The van der Waals surface area contributed by atoms with Crippen molar-refractivity contribution in [3.8, 4) is 0 Å². The van der Waals surface area contributed by atoms with Gasteiger partial charge >= 0.3 is 0 Å². The van der Waals surface area contributed by atoms with Crippen molar-refractivity contribution in [3.05, 3.63) is 54.5 Å². The van der Waals surface area contributed by atoms with E-state index in [1.54, 1.807) is 24.4 Å². The Hall–Kier alpha value is -2.41. The lowest BCUT2D eigenvalue weighted by molar-refractivity contribution is 0.595. The number of rotatable bonds is 3. The number of hydrogen-bond donors (Lipinski definition) is 2. The van der Waals surface area contributed by atoms with Gasteiger partial charge in [0.25, 0.3) is 10.0 Å². The Balaban J connectivity index is 2.04. The van der Waals surface area contributed by atoms with E-state index in [-0.39, 0.29) is 4.90 Å². The lowest BCUT2D eigenvalue weighted by Gasteiger charge is -2.08. The topological polar surface area (TPSA) is 74.8 Å². The van der Waals surface area contributed by atoms with Crippen molar-refractivity contribution in [1.29, 1.82) is 0 Å². The molecule has 0 radical (unpaired) electrons. The first-order valence-electron chi connectivity index (χ1n) is 5.77. The third-order valence-electron chi connectivity index (χ3n) is 2.83. The maximum Gasteiger partial charge on any atom is 0.262 e. The highest BCUT2D eigenvalue weighted by Gasteiger charge is 2.16. The number of nitrogens with one attached hydrogen (secondary N) is 2. The summed E-state index contributed by atoms with van der Waals surface area (Å²) in [6.45, 7) is 0. The molecule has 20 heavy (non-hydrogen) atoms. The maximum atomic E-state index is 13.1. The highest BCUT2D eigenvalue weighted by atomic mass is 32.2. The number of benzene rings is 2. The molecule has 0 bridgehead atoms. The van der Waals surface area contributed by atoms with Crippen molar-refractivity contribution in [2.75, 3.05) is 4.72 Å². The van der Waals surface area contributed by atoms with Crippen LogP contribution in [-0.2, 0) is 10.0 Å². The van der Waals surface area contributed by atoms with Crippen molar-refractivity contribution >= 4 is 26.6 Å². The molecule has 0 aliphatic carbocycles. The van der Waals surface area contributed by atoms with Gasteiger partial charge in [0, 0.05) is 5.39 Å². The lowest BCUT2D eigenvalue weighted by atomic mass is 10.2. The SMILES string of the molecule is O=S(=O)(Nc1cccc2cn[nH]c12)c1cccc(F)c1. The summed E-state index contributed by atoms with van der Waals surface area (Å²) in [5.74, 6) is -0.604. The quantitative estimate of drug-likeness (QED) is 0.778. The van der Waals surface area contributed by atoms with Gasteiger partial charge in [-0.2, -0.15) is 5.10 Å². The van der Waals surface area contributed by atoms with Crippen molar-refractivity contribution < 1.29 is 12.8 Å². The smallest absolute Gasteiger partial charge is 0.262 e. The van der Waals surface area contributed by atoms with Gasteiger partial charge in [-0.25, -0.2) is 12.8 Å². The van der Waals surface area contributed by atoms with Crippen LogP contribution >= 0.6 is 0 Å². The average Bonchev–Trinajstić information content (AvgIpc) is 2.88. The van der Waals surface area contributed by atoms with E-state index in [0.717, 1.165) is 11.5 Å². The van der Waals surface area contributed by atoms with Crippen molar-refractivity contribution in [3.63, 3.8) is 0 Å². The van der Waals surface area contributed by atoms with Gasteiger partial charge in [-0.1, -0.05) is 18.2 Å². The zero-order valence-corrected chi connectivity index (χ0v) is 11.0. The molecular formula is C13H10FN3O2S. The number of H-pyrrole nitrogens is 1. The summed E-state index contributed by atoms with van der Waals surface area (Å²) in [6, 6.07) is 9.96. The Bertz CT molecular complexity index is 874. The van der Waals surface area contributed by atoms with E-state index in [1.165, 1.54) is 18.2 Å². The number of halogens is 1. The van der Waals surface area contributed by atoms with E-state index in [0.29, 0.717) is 11.2 Å². The number of aromatic nitrogens is 2. The molecule has 0 aliphatic heterocycles. The van der Waals surface area contributed by atoms with Gasteiger partial charge in [-0.15, -0.1) is 0 Å². The van der Waals surface area contributed by atoms with Crippen LogP contribution in [-0.4, -0.2) is 18.6 Å². The summed E-state index contributed by atoms with van der Waals surface area (Å²) < 4.78 is 40.0. The number of sulfonamides is 1. The summed E-state index contributed by atoms with van der Waals surface area (Å²) in [5, 5.41) is 7.36. The zero-order valence-electron chi connectivity index (χ0n) is 10.2. The summed E-state index contributed by atoms with van der Waals surface area (Å²) in [5.41, 5.74) is 0.941. The zero-order chi connectivity index (χ0) is 14.2. The summed E-state index contributed by atoms with van der Waals surface area (Å²) in [4.78, 5) is -0.131. The van der Waals surface area contributed by atoms with Crippen LogP contribution in [0.5, 0.6) is 0 Å². The Morgan fingerprint density at radius 1 is 1.15 bits per heavy atom. The van der Waals surface area contributed by atoms with Crippen LogP contribution in [0.15, 0.2) is 53.6 Å². The molecule has 7 heteroatoms. The number of aromatic amines is 1. The van der Waals surface area contributed by atoms with Crippen molar-refractivity contribution in [1.82, 2.24) is 10.2 Å². The normalized spacial score (nSPS) is 11.7. The molecule has 0 saturated heterocycles. The van der Waals surface area contributed by atoms with E-state index in [4.69, 9.17) is 0 Å². The highest BCUT2D eigenvalue weighted by Crippen LogP contribution is 2.23. The molecule has 2 aromatic carbocycles. The van der Waals surface area contributed by atoms with Gasteiger partial charge in [-0.3, -0.25) is 9.82 Å². The predicted molar refractivity (Wildman–Crippen MR) is 73.3 cm³/mol. The third-order valence-corrected chi connectivity index (χ3v) is 4.19. The molecule has 5 nitrogen and oxygen atoms in total. The molecule has 0 fully saturated rings. The van der Waals surface area contributed by atoms with Crippen LogP contribution in [0.4, 0.5) is 10.1 Å². The first kappa shape index (κ1) is 12.6. The molecule has 1 aromatic heterocycles. The standard InChI is InChI=1S/C13H10FN3O2S/c14-10-4-2-5-11(7-10)20(18,19)17-12-6-1-3-9-8-15-16-13(9)12/h1-8,17H,(H,15,16). The Kier molecular flexibility index (Phi) is 2.90. The van der Waals surface area contributed by atoms with Gasteiger partial charge in [0.05, 0.1) is 22.3 Å². The highest BCUT2D eigenvalue weighted by molar-refractivity contribution is 7.92. The monoisotopic (exact) mass is 291 g/mol. The van der Waals surface area contributed by atoms with Gasteiger partial charge in [0.2, 0.25) is 0 Å². The molecule has 1 heterocycles. The molecule has 2 N–H and O–H groups in total. The summed E-state index contributed by atoms with van der Waals surface area (Å²) >= 11 is 0. The molecule has 0 atom stereocenters. The van der Waals surface area contributed by atoms with Gasteiger partial charge in [-0.05, 0) is 24.3 Å². The summed E-state index contributed by atoms with van der Waals surface area (Å²) in [6.07, 6.45) is 1.59. The maximum absolute atomic E-state index is 13.1. The fourth-order valence-corrected chi connectivity index (χ4v) is 2.99.